The van der Waals surface area contributed by atoms with Crippen molar-refractivity contribution in [2.24, 2.45) is 0 Å². The average molecular weight is 282 g/mol. The number of aryl methyl sites for hydroxylation is 1. The largest absolute Gasteiger partial charge is 0.464 e. The summed E-state index contributed by atoms with van der Waals surface area (Å²) in [5.74, 6) is -0.330. The Labute approximate surface area is 116 Å². The third-order valence-electron chi connectivity index (χ3n) is 3.13. The maximum Gasteiger partial charge on any atom is 0.328 e. The molecule has 1 amide bonds. The Morgan fingerprint density at radius 1 is 1.58 bits per heavy atom. The third-order valence-corrected chi connectivity index (χ3v) is 3.95. The molecule has 104 valence electrons. The number of rotatable bonds is 4. The lowest BCUT2D eigenvalue weighted by atomic mass is 10.2. The van der Waals surface area contributed by atoms with Crippen LogP contribution in [0.4, 0.5) is 0 Å². The lowest BCUT2D eigenvalue weighted by Gasteiger charge is -2.22. The van der Waals surface area contributed by atoms with Crippen molar-refractivity contribution in [3.8, 4) is 0 Å². The van der Waals surface area contributed by atoms with Gasteiger partial charge in [0.2, 0.25) is 5.91 Å². The van der Waals surface area contributed by atoms with E-state index >= 15 is 0 Å². The molecule has 0 saturated carbocycles. The fraction of sp³-hybridized carbons (Fsp3) is 0.615. The van der Waals surface area contributed by atoms with Gasteiger partial charge in [0.15, 0.2) is 0 Å². The second kappa shape index (κ2) is 6.14. The summed E-state index contributed by atoms with van der Waals surface area (Å²) in [5.41, 5.74) is 0.780. The number of hydrogen-bond donors (Lipinski definition) is 0. The standard InChI is InChI=1S/C13H18N2O3S/c1-3-18-13(17)11-5-4-6-15(11)12(16)7-10-8-19-9(2)14-10/h8,11H,3-7H2,1-2H3. The predicted molar refractivity (Wildman–Crippen MR) is 71.9 cm³/mol. The number of carbonyl (C=O) groups excluding carboxylic acids is 2. The number of esters is 1. The fourth-order valence-electron chi connectivity index (χ4n) is 2.29. The van der Waals surface area contributed by atoms with Crippen LogP contribution in [0.3, 0.4) is 0 Å². The minimum atomic E-state index is -0.410. The van der Waals surface area contributed by atoms with E-state index in [2.05, 4.69) is 4.98 Å². The number of nitrogens with zero attached hydrogens (tertiary/aromatic N) is 2. The van der Waals surface area contributed by atoms with Gasteiger partial charge in [-0.25, -0.2) is 9.78 Å². The molecule has 1 aromatic heterocycles. The molecule has 0 bridgehead atoms. The molecule has 0 aliphatic carbocycles. The number of thiazole rings is 1. The van der Waals surface area contributed by atoms with E-state index < -0.39 is 6.04 Å². The molecule has 1 aliphatic heterocycles. The highest BCUT2D eigenvalue weighted by molar-refractivity contribution is 7.09. The molecule has 2 heterocycles. The summed E-state index contributed by atoms with van der Waals surface area (Å²) >= 11 is 1.53. The first kappa shape index (κ1) is 14.0. The number of ether oxygens (including phenoxy) is 1. The van der Waals surface area contributed by atoms with Gasteiger partial charge in [0.25, 0.3) is 0 Å². The first-order valence-electron chi connectivity index (χ1n) is 6.49. The van der Waals surface area contributed by atoms with Crippen LogP contribution in [0, 0.1) is 6.92 Å². The van der Waals surface area contributed by atoms with Crippen LogP contribution < -0.4 is 0 Å². The Morgan fingerprint density at radius 2 is 2.37 bits per heavy atom. The Kier molecular flexibility index (Phi) is 4.52. The first-order valence-corrected chi connectivity index (χ1v) is 7.37. The molecule has 1 aromatic rings. The normalized spacial score (nSPS) is 18.6. The lowest BCUT2D eigenvalue weighted by Crippen LogP contribution is -2.42. The van der Waals surface area contributed by atoms with E-state index in [1.807, 2.05) is 12.3 Å². The molecule has 1 aliphatic rings. The van der Waals surface area contributed by atoms with E-state index in [9.17, 15) is 9.59 Å². The van der Waals surface area contributed by atoms with Crippen LogP contribution in [0.5, 0.6) is 0 Å². The van der Waals surface area contributed by atoms with E-state index in [-0.39, 0.29) is 18.3 Å². The highest BCUT2D eigenvalue weighted by Gasteiger charge is 2.35. The number of aromatic nitrogens is 1. The first-order chi connectivity index (χ1) is 9.11. The van der Waals surface area contributed by atoms with Crippen molar-refractivity contribution in [3.63, 3.8) is 0 Å². The van der Waals surface area contributed by atoms with Gasteiger partial charge in [-0.05, 0) is 26.7 Å². The molecular weight excluding hydrogens is 264 g/mol. The van der Waals surface area contributed by atoms with Gasteiger partial charge in [-0.1, -0.05) is 0 Å². The van der Waals surface area contributed by atoms with Crippen LogP contribution in [0.25, 0.3) is 0 Å². The number of carbonyl (C=O) groups is 2. The van der Waals surface area contributed by atoms with E-state index in [4.69, 9.17) is 4.74 Å². The molecule has 1 saturated heterocycles. The van der Waals surface area contributed by atoms with Gasteiger partial charge in [-0.3, -0.25) is 4.79 Å². The molecule has 0 spiro atoms. The summed E-state index contributed by atoms with van der Waals surface area (Å²) in [4.78, 5) is 29.9. The van der Waals surface area contributed by atoms with Gasteiger partial charge in [-0.15, -0.1) is 11.3 Å². The Hall–Kier alpha value is -1.43. The van der Waals surface area contributed by atoms with E-state index in [1.54, 1.807) is 11.8 Å². The van der Waals surface area contributed by atoms with Crippen molar-refractivity contribution in [1.82, 2.24) is 9.88 Å². The summed E-state index contributed by atoms with van der Waals surface area (Å²) in [6, 6.07) is -0.410. The molecular formula is C13H18N2O3S. The van der Waals surface area contributed by atoms with Gasteiger partial charge in [0.05, 0.1) is 23.7 Å². The minimum absolute atomic E-state index is 0.0409. The number of likely N-dealkylation sites (tertiary alicyclic amines) is 1. The zero-order chi connectivity index (χ0) is 13.8. The molecule has 6 heteroatoms. The van der Waals surface area contributed by atoms with Gasteiger partial charge in [0, 0.05) is 11.9 Å². The maximum atomic E-state index is 12.2. The zero-order valence-electron chi connectivity index (χ0n) is 11.2. The van der Waals surface area contributed by atoms with Gasteiger partial charge in [0.1, 0.15) is 6.04 Å². The van der Waals surface area contributed by atoms with Crippen LogP contribution in [0.2, 0.25) is 0 Å². The van der Waals surface area contributed by atoms with E-state index in [1.165, 1.54) is 11.3 Å². The highest BCUT2D eigenvalue weighted by Crippen LogP contribution is 2.20. The summed E-state index contributed by atoms with van der Waals surface area (Å²) < 4.78 is 5.01. The topological polar surface area (TPSA) is 59.5 Å². The molecule has 1 fully saturated rings. The van der Waals surface area contributed by atoms with Crippen molar-refractivity contribution in [3.05, 3.63) is 16.1 Å². The lowest BCUT2D eigenvalue weighted by molar-refractivity contribution is -0.152. The van der Waals surface area contributed by atoms with Crippen molar-refractivity contribution in [1.29, 1.82) is 0 Å². The average Bonchev–Trinajstić information content (AvgIpc) is 2.98. The van der Waals surface area contributed by atoms with E-state index in [0.29, 0.717) is 19.6 Å². The molecule has 2 rings (SSSR count). The minimum Gasteiger partial charge on any atom is -0.464 e. The summed E-state index contributed by atoms with van der Waals surface area (Å²) in [6.45, 7) is 4.67. The van der Waals surface area contributed by atoms with Crippen LogP contribution in [0.1, 0.15) is 30.5 Å². The molecule has 19 heavy (non-hydrogen) atoms. The van der Waals surface area contributed by atoms with Crippen LogP contribution in [-0.2, 0) is 20.7 Å². The summed E-state index contributed by atoms with van der Waals surface area (Å²) in [6.07, 6.45) is 1.81. The van der Waals surface area contributed by atoms with Gasteiger partial charge < -0.3 is 9.64 Å². The smallest absolute Gasteiger partial charge is 0.328 e. The van der Waals surface area contributed by atoms with Gasteiger partial charge >= 0.3 is 5.97 Å². The third kappa shape index (κ3) is 3.32. The van der Waals surface area contributed by atoms with Crippen molar-refractivity contribution in [2.45, 2.75) is 39.2 Å². The zero-order valence-corrected chi connectivity index (χ0v) is 12.0. The van der Waals surface area contributed by atoms with Crippen LogP contribution in [-0.4, -0.2) is 41.0 Å². The van der Waals surface area contributed by atoms with Crippen LogP contribution >= 0.6 is 11.3 Å². The van der Waals surface area contributed by atoms with Crippen LogP contribution in [0.15, 0.2) is 5.38 Å². The Balaban J connectivity index is 1.99. The molecule has 1 atom stereocenters. The number of hydrogen-bond acceptors (Lipinski definition) is 5. The van der Waals surface area contributed by atoms with E-state index in [0.717, 1.165) is 17.1 Å². The molecule has 0 N–H and O–H groups in total. The Morgan fingerprint density at radius 3 is 3.00 bits per heavy atom. The molecule has 1 unspecified atom stereocenters. The second-order valence-electron chi connectivity index (χ2n) is 4.53. The highest BCUT2D eigenvalue weighted by atomic mass is 32.1. The predicted octanol–water partition coefficient (Wildman–Crippen LogP) is 1.55. The Bertz CT molecular complexity index is 472. The maximum absolute atomic E-state index is 12.2. The molecule has 0 aromatic carbocycles. The SMILES string of the molecule is CCOC(=O)C1CCCN1C(=O)Cc1csc(C)n1. The van der Waals surface area contributed by atoms with Gasteiger partial charge in [-0.2, -0.15) is 0 Å². The van der Waals surface area contributed by atoms with Crippen molar-refractivity contribution < 1.29 is 14.3 Å². The molecule has 5 nitrogen and oxygen atoms in total. The summed E-state index contributed by atoms with van der Waals surface area (Å²) in [5, 5.41) is 2.84. The van der Waals surface area contributed by atoms with Crippen molar-refractivity contribution in [2.75, 3.05) is 13.2 Å². The fourth-order valence-corrected chi connectivity index (χ4v) is 2.91. The molecule has 0 radical (unpaired) electrons. The number of amides is 1. The second-order valence-corrected chi connectivity index (χ2v) is 5.59. The quantitative estimate of drug-likeness (QED) is 0.786. The monoisotopic (exact) mass is 282 g/mol. The summed E-state index contributed by atoms with van der Waals surface area (Å²) in [7, 11) is 0. The van der Waals surface area contributed by atoms with Crippen molar-refractivity contribution >= 4 is 23.2 Å².